The van der Waals surface area contributed by atoms with Crippen molar-refractivity contribution in [3.05, 3.63) is 78.4 Å². The molecular formula is C29H31NO4. The molecule has 34 heavy (non-hydrogen) atoms. The zero-order chi connectivity index (χ0) is 24.7. The van der Waals surface area contributed by atoms with Crippen molar-refractivity contribution in [2.75, 3.05) is 19.1 Å². The highest BCUT2D eigenvalue weighted by molar-refractivity contribution is 6.11. The van der Waals surface area contributed by atoms with Crippen LogP contribution >= 0.6 is 0 Å². The van der Waals surface area contributed by atoms with E-state index in [-0.39, 0.29) is 17.8 Å². The molecule has 0 aromatic heterocycles. The number of fused-ring (bicyclic) bond motifs is 1. The Morgan fingerprint density at radius 3 is 2.21 bits per heavy atom. The van der Waals surface area contributed by atoms with Crippen molar-refractivity contribution in [1.29, 1.82) is 0 Å². The Bertz CT molecular complexity index is 1270. The lowest BCUT2D eigenvalue weighted by molar-refractivity contribution is -0.156. The number of rotatable bonds is 5. The predicted molar refractivity (Wildman–Crippen MR) is 135 cm³/mol. The van der Waals surface area contributed by atoms with Gasteiger partial charge in [-0.15, -0.1) is 0 Å². The summed E-state index contributed by atoms with van der Waals surface area (Å²) in [5, 5.41) is 2.20. The van der Waals surface area contributed by atoms with Gasteiger partial charge in [-0.25, -0.2) is 0 Å². The number of esters is 1. The third-order valence-corrected chi connectivity index (χ3v) is 6.96. The molecule has 0 radical (unpaired) electrons. The Hall–Kier alpha value is -3.60. The van der Waals surface area contributed by atoms with Crippen LogP contribution in [-0.4, -0.2) is 26.1 Å². The molecule has 3 aromatic carbocycles. The molecular weight excluding hydrogens is 426 g/mol. The molecule has 5 nitrogen and oxygen atoms in total. The van der Waals surface area contributed by atoms with Crippen LogP contribution in [0.3, 0.4) is 0 Å². The Labute approximate surface area is 201 Å². The summed E-state index contributed by atoms with van der Waals surface area (Å²) in [5.41, 5.74) is 0.652. The van der Waals surface area contributed by atoms with Gasteiger partial charge in [0.1, 0.15) is 5.75 Å². The van der Waals surface area contributed by atoms with Crippen LogP contribution in [0, 0.1) is 16.7 Å². The van der Waals surface area contributed by atoms with E-state index in [0.717, 1.165) is 27.7 Å². The van der Waals surface area contributed by atoms with Crippen molar-refractivity contribution in [1.82, 2.24) is 0 Å². The van der Waals surface area contributed by atoms with E-state index in [9.17, 15) is 9.59 Å². The van der Waals surface area contributed by atoms with Gasteiger partial charge in [0.25, 0.3) is 0 Å². The third kappa shape index (κ3) is 3.85. The SMILES string of the molecule is COC(=O)C(C)(C)C1C=C(c2ccc3ccccc3c2)N(c2ccc(OC)cc2)C(=O)C1(C)C. The molecule has 0 saturated carbocycles. The highest BCUT2D eigenvalue weighted by Gasteiger charge is 2.53. The first-order valence-electron chi connectivity index (χ1n) is 11.4. The van der Waals surface area contributed by atoms with Crippen LogP contribution in [0.4, 0.5) is 5.69 Å². The number of ether oxygens (including phenoxy) is 2. The fraction of sp³-hybridized carbons (Fsp3) is 0.310. The van der Waals surface area contributed by atoms with Crippen molar-refractivity contribution >= 4 is 34.0 Å². The third-order valence-electron chi connectivity index (χ3n) is 6.96. The number of benzene rings is 3. The largest absolute Gasteiger partial charge is 0.497 e. The number of hydrogen-bond acceptors (Lipinski definition) is 4. The van der Waals surface area contributed by atoms with Crippen molar-refractivity contribution in [2.45, 2.75) is 27.7 Å². The van der Waals surface area contributed by atoms with Gasteiger partial charge in [0.05, 0.1) is 30.7 Å². The fourth-order valence-electron chi connectivity index (χ4n) is 5.03. The smallest absolute Gasteiger partial charge is 0.311 e. The van der Waals surface area contributed by atoms with Gasteiger partial charge >= 0.3 is 5.97 Å². The Morgan fingerprint density at radius 2 is 1.59 bits per heavy atom. The summed E-state index contributed by atoms with van der Waals surface area (Å²) in [4.78, 5) is 28.7. The van der Waals surface area contributed by atoms with E-state index < -0.39 is 10.8 Å². The molecule has 0 saturated heterocycles. The summed E-state index contributed by atoms with van der Waals surface area (Å²) < 4.78 is 10.4. The number of amides is 1. The lowest BCUT2D eigenvalue weighted by Crippen LogP contribution is -2.53. The van der Waals surface area contributed by atoms with Crippen LogP contribution in [0.2, 0.25) is 0 Å². The van der Waals surface area contributed by atoms with Gasteiger partial charge in [0.2, 0.25) is 5.91 Å². The summed E-state index contributed by atoms with van der Waals surface area (Å²) in [7, 11) is 3.00. The molecule has 0 spiro atoms. The zero-order valence-corrected chi connectivity index (χ0v) is 20.6. The molecule has 1 unspecified atom stereocenters. The maximum atomic E-state index is 14.1. The van der Waals surface area contributed by atoms with Crippen molar-refractivity contribution in [2.24, 2.45) is 16.7 Å². The van der Waals surface area contributed by atoms with E-state index in [1.165, 1.54) is 7.11 Å². The molecule has 1 heterocycles. The number of methoxy groups -OCH3 is 2. The Balaban J connectivity index is 1.96. The van der Waals surface area contributed by atoms with E-state index >= 15 is 0 Å². The molecule has 0 aliphatic carbocycles. The second-order valence-corrected chi connectivity index (χ2v) is 9.87. The number of anilines is 1. The lowest BCUT2D eigenvalue weighted by Gasteiger charge is -2.47. The molecule has 4 rings (SSSR count). The molecule has 1 amide bonds. The van der Waals surface area contributed by atoms with Gasteiger partial charge in [0.15, 0.2) is 0 Å². The maximum Gasteiger partial charge on any atom is 0.311 e. The molecule has 3 aromatic rings. The van der Waals surface area contributed by atoms with E-state index in [1.54, 1.807) is 12.0 Å². The standard InChI is InChI=1S/C29H31NO4/c1-28(2)25(29(3,4)27(32)34-6)18-24(21-12-11-19-9-7-8-10-20(19)17-21)30(26(28)31)22-13-15-23(33-5)16-14-22/h7-18,25H,1-6H3. The van der Waals surface area contributed by atoms with Gasteiger partial charge in [-0.2, -0.15) is 0 Å². The van der Waals surface area contributed by atoms with Gasteiger partial charge < -0.3 is 9.47 Å². The topological polar surface area (TPSA) is 55.8 Å². The van der Waals surface area contributed by atoms with E-state index in [4.69, 9.17) is 9.47 Å². The Morgan fingerprint density at radius 1 is 0.941 bits per heavy atom. The van der Waals surface area contributed by atoms with E-state index in [0.29, 0.717) is 5.75 Å². The first-order chi connectivity index (χ1) is 16.1. The maximum absolute atomic E-state index is 14.1. The van der Waals surface area contributed by atoms with E-state index in [1.807, 2.05) is 70.2 Å². The normalized spacial score (nSPS) is 17.9. The van der Waals surface area contributed by atoms with Crippen molar-refractivity contribution in [3.63, 3.8) is 0 Å². The van der Waals surface area contributed by atoms with Crippen LogP contribution in [-0.2, 0) is 14.3 Å². The molecule has 0 bridgehead atoms. The quantitative estimate of drug-likeness (QED) is 0.436. The molecule has 5 heteroatoms. The fourth-order valence-corrected chi connectivity index (χ4v) is 5.03. The van der Waals surface area contributed by atoms with Crippen molar-refractivity contribution in [3.8, 4) is 5.75 Å². The molecule has 0 N–H and O–H groups in total. The second kappa shape index (κ2) is 8.64. The number of hydrogen-bond donors (Lipinski definition) is 0. The number of carbonyl (C=O) groups excluding carboxylic acids is 2. The highest BCUT2D eigenvalue weighted by Crippen LogP contribution is 2.50. The molecule has 0 fully saturated rings. The summed E-state index contributed by atoms with van der Waals surface area (Å²) in [6.07, 6.45) is 2.06. The number of allylic oxidation sites excluding steroid dienone is 1. The zero-order valence-electron chi connectivity index (χ0n) is 20.6. The first kappa shape index (κ1) is 23.6. The monoisotopic (exact) mass is 457 g/mol. The average molecular weight is 458 g/mol. The van der Waals surface area contributed by atoms with Gasteiger partial charge in [-0.1, -0.05) is 56.3 Å². The first-order valence-corrected chi connectivity index (χ1v) is 11.4. The van der Waals surface area contributed by atoms with Gasteiger partial charge in [-0.05, 0) is 60.5 Å². The molecule has 1 atom stereocenters. The van der Waals surface area contributed by atoms with Crippen LogP contribution < -0.4 is 9.64 Å². The lowest BCUT2D eigenvalue weighted by atomic mass is 9.62. The molecule has 1 aliphatic heterocycles. The average Bonchev–Trinajstić information content (AvgIpc) is 2.84. The second-order valence-electron chi connectivity index (χ2n) is 9.87. The number of carbonyl (C=O) groups is 2. The molecule has 1 aliphatic rings. The summed E-state index contributed by atoms with van der Waals surface area (Å²) in [5.74, 6) is -0.0833. The van der Waals surface area contributed by atoms with Crippen LogP contribution in [0.5, 0.6) is 5.75 Å². The van der Waals surface area contributed by atoms with Crippen molar-refractivity contribution < 1.29 is 19.1 Å². The van der Waals surface area contributed by atoms with Crippen LogP contribution in [0.25, 0.3) is 16.5 Å². The number of nitrogens with zero attached hydrogens (tertiary/aromatic N) is 1. The minimum absolute atomic E-state index is 0.0784. The summed E-state index contributed by atoms with van der Waals surface area (Å²) >= 11 is 0. The summed E-state index contributed by atoms with van der Waals surface area (Å²) in [6, 6.07) is 21.8. The van der Waals surface area contributed by atoms with E-state index in [2.05, 4.69) is 30.3 Å². The summed E-state index contributed by atoms with van der Waals surface area (Å²) in [6.45, 7) is 7.48. The van der Waals surface area contributed by atoms with Gasteiger partial charge in [-0.3, -0.25) is 14.5 Å². The minimum atomic E-state index is -0.901. The Kier molecular flexibility index (Phi) is 5.98. The predicted octanol–water partition coefficient (Wildman–Crippen LogP) is 6.08. The van der Waals surface area contributed by atoms with Crippen LogP contribution in [0.1, 0.15) is 33.3 Å². The van der Waals surface area contributed by atoms with Gasteiger partial charge in [0, 0.05) is 11.6 Å². The highest BCUT2D eigenvalue weighted by atomic mass is 16.5. The van der Waals surface area contributed by atoms with Crippen LogP contribution in [0.15, 0.2) is 72.8 Å². The minimum Gasteiger partial charge on any atom is -0.497 e. The molecule has 176 valence electrons.